The Balaban J connectivity index is 1.79. The minimum atomic E-state index is 0.702. The molecule has 124 valence electrons. The summed E-state index contributed by atoms with van der Waals surface area (Å²) in [6.45, 7) is 3.26. The van der Waals surface area contributed by atoms with Gasteiger partial charge in [0, 0.05) is 12.1 Å². The number of imidazole rings is 1. The van der Waals surface area contributed by atoms with E-state index in [0.29, 0.717) is 5.92 Å². The predicted molar refractivity (Wildman–Crippen MR) is 97.3 cm³/mol. The first kappa shape index (κ1) is 15.2. The van der Waals surface area contributed by atoms with E-state index in [4.69, 9.17) is 9.72 Å². The Kier molecular flexibility index (Phi) is 4.22. The molecule has 4 rings (SSSR count). The number of nitrogens with zero attached hydrogens (tertiary/aromatic N) is 2. The standard InChI is InChI=1S/C20H23N3O/c1-24-17-6-4-5-16(13-17)20-22-18-7-2-3-8-19(18)23(20)14-15-9-11-21-12-10-15/h2-8,13,15,21H,9-12,14H2,1H3. The maximum Gasteiger partial charge on any atom is 0.141 e. The number of ether oxygens (including phenoxy) is 1. The van der Waals surface area contributed by atoms with Crippen LogP contribution in [0, 0.1) is 5.92 Å². The molecule has 1 fully saturated rings. The number of hydrogen-bond donors (Lipinski definition) is 1. The zero-order chi connectivity index (χ0) is 16.4. The molecule has 0 bridgehead atoms. The second-order valence-corrected chi connectivity index (χ2v) is 6.46. The van der Waals surface area contributed by atoms with E-state index < -0.39 is 0 Å². The Hall–Kier alpha value is -2.33. The van der Waals surface area contributed by atoms with Crippen LogP contribution in [0.15, 0.2) is 48.5 Å². The first-order valence-corrected chi connectivity index (χ1v) is 8.65. The lowest BCUT2D eigenvalue weighted by atomic mass is 9.98. The minimum Gasteiger partial charge on any atom is -0.497 e. The third-order valence-electron chi connectivity index (χ3n) is 4.88. The Labute approximate surface area is 142 Å². The van der Waals surface area contributed by atoms with E-state index in [1.54, 1.807) is 7.11 Å². The lowest BCUT2D eigenvalue weighted by Gasteiger charge is -2.24. The highest BCUT2D eigenvalue weighted by Crippen LogP contribution is 2.29. The molecule has 4 heteroatoms. The molecule has 1 aromatic heterocycles. The van der Waals surface area contributed by atoms with Crippen molar-refractivity contribution in [3.05, 3.63) is 48.5 Å². The van der Waals surface area contributed by atoms with Gasteiger partial charge in [-0.25, -0.2) is 4.98 Å². The van der Waals surface area contributed by atoms with E-state index in [0.717, 1.165) is 42.3 Å². The first-order chi connectivity index (χ1) is 11.8. The average molecular weight is 321 g/mol. The summed E-state index contributed by atoms with van der Waals surface area (Å²) < 4.78 is 7.78. The molecular formula is C20H23N3O. The molecule has 0 radical (unpaired) electrons. The molecule has 2 heterocycles. The van der Waals surface area contributed by atoms with Gasteiger partial charge < -0.3 is 14.6 Å². The van der Waals surface area contributed by atoms with Gasteiger partial charge in [0.1, 0.15) is 11.6 Å². The molecule has 0 aliphatic carbocycles. The van der Waals surface area contributed by atoms with Crippen molar-refractivity contribution in [3.63, 3.8) is 0 Å². The number of hydrogen-bond acceptors (Lipinski definition) is 3. The topological polar surface area (TPSA) is 39.1 Å². The van der Waals surface area contributed by atoms with Crippen molar-refractivity contribution in [2.75, 3.05) is 20.2 Å². The zero-order valence-corrected chi connectivity index (χ0v) is 14.0. The van der Waals surface area contributed by atoms with Gasteiger partial charge in [0.15, 0.2) is 0 Å². The number of nitrogens with one attached hydrogen (secondary N) is 1. The van der Waals surface area contributed by atoms with E-state index in [1.165, 1.54) is 18.4 Å². The molecule has 1 saturated heterocycles. The molecule has 0 amide bonds. The molecule has 1 aliphatic rings. The fraction of sp³-hybridized carbons (Fsp3) is 0.350. The van der Waals surface area contributed by atoms with E-state index in [9.17, 15) is 0 Å². The van der Waals surface area contributed by atoms with Gasteiger partial charge in [-0.3, -0.25) is 0 Å². The quantitative estimate of drug-likeness (QED) is 0.796. The average Bonchev–Trinajstić information content (AvgIpc) is 3.01. The fourth-order valence-electron chi connectivity index (χ4n) is 3.57. The van der Waals surface area contributed by atoms with Crippen molar-refractivity contribution < 1.29 is 4.74 Å². The van der Waals surface area contributed by atoms with Gasteiger partial charge in [0.25, 0.3) is 0 Å². The van der Waals surface area contributed by atoms with E-state index in [1.807, 2.05) is 12.1 Å². The van der Waals surface area contributed by atoms with Crippen LogP contribution in [-0.4, -0.2) is 29.8 Å². The van der Waals surface area contributed by atoms with Gasteiger partial charge in [0.2, 0.25) is 0 Å². The predicted octanol–water partition coefficient (Wildman–Crippen LogP) is 3.71. The van der Waals surface area contributed by atoms with Crippen LogP contribution in [0.25, 0.3) is 22.4 Å². The zero-order valence-electron chi connectivity index (χ0n) is 14.0. The maximum absolute atomic E-state index is 5.39. The van der Waals surface area contributed by atoms with E-state index in [2.05, 4.69) is 46.3 Å². The summed E-state index contributed by atoms with van der Waals surface area (Å²) >= 11 is 0. The summed E-state index contributed by atoms with van der Waals surface area (Å²) in [5, 5.41) is 3.45. The van der Waals surface area contributed by atoms with Crippen LogP contribution in [0.2, 0.25) is 0 Å². The molecule has 1 aliphatic heterocycles. The SMILES string of the molecule is COc1cccc(-c2nc3ccccc3n2CC2CCNCC2)c1. The number of aromatic nitrogens is 2. The van der Waals surface area contributed by atoms with E-state index >= 15 is 0 Å². The highest BCUT2D eigenvalue weighted by molar-refractivity contribution is 5.80. The van der Waals surface area contributed by atoms with Crippen molar-refractivity contribution >= 4 is 11.0 Å². The first-order valence-electron chi connectivity index (χ1n) is 8.65. The van der Waals surface area contributed by atoms with Crippen molar-refractivity contribution in [2.45, 2.75) is 19.4 Å². The molecule has 2 aromatic carbocycles. The maximum atomic E-state index is 5.39. The van der Waals surface area contributed by atoms with Crippen LogP contribution in [-0.2, 0) is 6.54 Å². The minimum absolute atomic E-state index is 0.702. The summed E-state index contributed by atoms with van der Waals surface area (Å²) in [4.78, 5) is 4.92. The van der Waals surface area contributed by atoms with Gasteiger partial charge >= 0.3 is 0 Å². The largest absolute Gasteiger partial charge is 0.497 e. The number of rotatable bonds is 4. The molecule has 3 aromatic rings. The smallest absolute Gasteiger partial charge is 0.141 e. The van der Waals surface area contributed by atoms with Crippen molar-refractivity contribution in [1.82, 2.24) is 14.9 Å². The van der Waals surface area contributed by atoms with Crippen molar-refractivity contribution in [1.29, 1.82) is 0 Å². The summed E-state index contributed by atoms with van der Waals surface area (Å²) in [5.41, 5.74) is 3.39. The Morgan fingerprint density at radius 1 is 1.12 bits per heavy atom. The van der Waals surface area contributed by atoms with Crippen molar-refractivity contribution in [2.24, 2.45) is 5.92 Å². The number of benzene rings is 2. The number of methoxy groups -OCH3 is 1. The molecule has 1 N–H and O–H groups in total. The summed E-state index contributed by atoms with van der Waals surface area (Å²) in [6, 6.07) is 16.6. The number of piperidine rings is 1. The molecule has 0 saturated carbocycles. The fourth-order valence-corrected chi connectivity index (χ4v) is 3.57. The van der Waals surface area contributed by atoms with Crippen LogP contribution < -0.4 is 10.1 Å². The molecule has 0 atom stereocenters. The summed E-state index contributed by atoms with van der Waals surface area (Å²) in [6.07, 6.45) is 2.45. The van der Waals surface area contributed by atoms with Gasteiger partial charge in [-0.1, -0.05) is 24.3 Å². The highest BCUT2D eigenvalue weighted by Gasteiger charge is 2.19. The van der Waals surface area contributed by atoms with Gasteiger partial charge in [-0.05, 0) is 56.1 Å². The Morgan fingerprint density at radius 3 is 2.79 bits per heavy atom. The van der Waals surface area contributed by atoms with Gasteiger partial charge in [-0.2, -0.15) is 0 Å². The third kappa shape index (κ3) is 2.89. The molecule has 24 heavy (non-hydrogen) atoms. The van der Waals surface area contributed by atoms with E-state index in [-0.39, 0.29) is 0 Å². The normalized spacial score (nSPS) is 15.7. The summed E-state index contributed by atoms with van der Waals surface area (Å²) in [5.74, 6) is 2.61. The van der Waals surface area contributed by atoms with Gasteiger partial charge in [-0.15, -0.1) is 0 Å². The summed E-state index contributed by atoms with van der Waals surface area (Å²) in [7, 11) is 1.71. The monoisotopic (exact) mass is 321 g/mol. The molecule has 0 unspecified atom stereocenters. The number of para-hydroxylation sites is 2. The second kappa shape index (κ2) is 6.65. The lowest BCUT2D eigenvalue weighted by molar-refractivity contribution is 0.337. The highest BCUT2D eigenvalue weighted by atomic mass is 16.5. The van der Waals surface area contributed by atoms with Crippen LogP contribution in [0.4, 0.5) is 0 Å². The van der Waals surface area contributed by atoms with Crippen LogP contribution in [0.1, 0.15) is 12.8 Å². The van der Waals surface area contributed by atoms with Gasteiger partial charge in [0.05, 0.1) is 18.1 Å². The molecular weight excluding hydrogens is 298 g/mol. The number of fused-ring (bicyclic) bond motifs is 1. The lowest BCUT2D eigenvalue weighted by Crippen LogP contribution is -2.30. The van der Waals surface area contributed by atoms with Crippen molar-refractivity contribution in [3.8, 4) is 17.1 Å². The second-order valence-electron chi connectivity index (χ2n) is 6.46. The Morgan fingerprint density at radius 2 is 1.96 bits per heavy atom. The van der Waals surface area contributed by atoms with Crippen LogP contribution in [0.3, 0.4) is 0 Å². The van der Waals surface area contributed by atoms with Crippen LogP contribution >= 0.6 is 0 Å². The molecule has 0 spiro atoms. The third-order valence-corrected chi connectivity index (χ3v) is 4.88. The van der Waals surface area contributed by atoms with Crippen LogP contribution in [0.5, 0.6) is 5.75 Å². The molecule has 4 nitrogen and oxygen atoms in total. The Bertz CT molecular complexity index is 834.